The molecule has 2 aromatic rings. The average Bonchev–Trinajstić information content (AvgIpc) is 2.46. The van der Waals surface area contributed by atoms with E-state index in [4.69, 9.17) is 15.3 Å². The largest absolute Gasteiger partial charge is 0.493 e. The summed E-state index contributed by atoms with van der Waals surface area (Å²) in [4.78, 5) is 18.3. The number of methoxy groups -OCH3 is 1. The van der Waals surface area contributed by atoms with Crippen LogP contribution in [0, 0.1) is 17.0 Å². The van der Waals surface area contributed by atoms with E-state index in [1.807, 2.05) is 0 Å². The van der Waals surface area contributed by atoms with E-state index in [0.717, 1.165) is 0 Å². The Labute approximate surface area is 119 Å². The monoisotopic (exact) mass is 291 g/mol. The first-order valence-corrected chi connectivity index (χ1v) is 5.86. The zero-order valence-corrected chi connectivity index (χ0v) is 11.4. The molecule has 21 heavy (non-hydrogen) atoms. The number of non-ortho nitro benzene ring substituents is 1. The van der Waals surface area contributed by atoms with Crippen LogP contribution in [-0.4, -0.2) is 22.0 Å². The number of benzene rings is 1. The van der Waals surface area contributed by atoms with Crippen LogP contribution in [0.3, 0.4) is 0 Å². The fraction of sp³-hybridized carbons (Fsp3) is 0.167. The molecule has 0 amide bonds. The van der Waals surface area contributed by atoms with Gasteiger partial charge in [-0.15, -0.1) is 0 Å². The van der Waals surface area contributed by atoms with Crippen LogP contribution in [0.5, 0.6) is 17.4 Å². The van der Waals surface area contributed by atoms with Crippen molar-refractivity contribution in [3.05, 3.63) is 40.1 Å². The van der Waals surface area contributed by atoms with Gasteiger partial charge in [-0.2, -0.15) is 4.98 Å². The normalized spacial score (nSPS) is 10.0. The van der Waals surface area contributed by atoms with E-state index in [1.54, 1.807) is 13.0 Å². The molecule has 0 aliphatic heterocycles. The van der Waals surface area contributed by atoms with Gasteiger partial charge in [0.25, 0.3) is 5.69 Å². The van der Waals surface area contributed by atoms with Gasteiger partial charge < -0.3 is 9.47 Å². The topological polar surface area (TPSA) is 125 Å². The highest BCUT2D eigenvalue weighted by atomic mass is 16.6. The fourth-order valence-corrected chi connectivity index (χ4v) is 1.63. The van der Waals surface area contributed by atoms with Gasteiger partial charge in [-0.05, 0) is 13.0 Å². The van der Waals surface area contributed by atoms with Crippen LogP contribution in [0.25, 0.3) is 0 Å². The third kappa shape index (κ3) is 3.34. The van der Waals surface area contributed by atoms with Gasteiger partial charge in [0.1, 0.15) is 0 Å². The van der Waals surface area contributed by atoms with Crippen LogP contribution in [0.1, 0.15) is 5.69 Å². The van der Waals surface area contributed by atoms with E-state index in [2.05, 4.69) is 15.4 Å². The van der Waals surface area contributed by atoms with E-state index in [-0.39, 0.29) is 23.3 Å². The number of aryl methyl sites for hydroxylation is 1. The molecule has 0 saturated carbocycles. The third-order valence-corrected chi connectivity index (χ3v) is 2.53. The lowest BCUT2D eigenvalue weighted by molar-refractivity contribution is -0.384. The summed E-state index contributed by atoms with van der Waals surface area (Å²) < 4.78 is 10.6. The molecule has 9 heteroatoms. The summed E-state index contributed by atoms with van der Waals surface area (Å²) in [6.45, 7) is 1.74. The Morgan fingerprint density at radius 1 is 1.29 bits per heavy atom. The predicted octanol–water partition coefficient (Wildman–Crippen LogP) is 1.78. The van der Waals surface area contributed by atoms with Crippen molar-refractivity contribution in [2.24, 2.45) is 5.84 Å². The number of nitro benzene ring substituents is 1. The molecule has 0 atom stereocenters. The maximum atomic E-state index is 10.8. The van der Waals surface area contributed by atoms with E-state index < -0.39 is 4.92 Å². The Morgan fingerprint density at radius 2 is 2.05 bits per heavy atom. The molecule has 0 fully saturated rings. The Balaban J connectivity index is 2.40. The molecular weight excluding hydrogens is 278 g/mol. The summed E-state index contributed by atoms with van der Waals surface area (Å²) in [6, 6.07) is 5.60. The van der Waals surface area contributed by atoms with Gasteiger partial charge in [0.15, 0.2) is 11.5 Å². The minimum absolute atomic E-state index is 0.117. The van der Waals surface area contributed by atoms with Crippen molar-refractivity contribution in [2.45, 2.75) is 6.92 Å². The van der Waals surface area contributed by atoms with Crippen molar-refractivity contribution in [1.82, 2.24) is 9.97 Å². The summed E-state index contributed by atoms with van der Waals surface area (Å²) in [7, 11) is 1.44. The van der Waals surface area contributed by atoms with Crippen molar-refractivity contribution in [3.8, 4) is 17.4 Å². The number of hydrogen-bond acceptors (Lipinski definition) is 8. The van der Waals surface area contributed by atoms with Crippen molar-refractivity contribution in [3.63, 3.8) is 0 Å². The van der Waals surface area contributed by atoms with Crippen LogP contribution in [0.15, 0.2) is 24.3 Å². The number of anilines is 1. The second-order valence-corrected chi connectivity index (χ2v) is 4.01. The molecule has 0 aliphatic carbocycles. The second kappa shape index (κ2) is 6.01. The number of nitrogen functional groups attached to an aromatic ring is 1. The highest BCUT2D eigenvalue weighted by Gasteiger charge is 2.14. The Bertz CT molecular complexity index is 677. The van der Waals surface area contributed by atoms with Gasteiger partial charge in [0, 0.05) is 17.8 Å². The molecule has 1 heterocycles. The minimum atomic E-state index is -0.523. The molecule has 0 aliphatic rings. The molecule has 1 aromatic carbocycles. The van der Waals surface area contributed by atoms with Gasteiger partial charge in [0.05, 0.1) is 18.1 Å². The molecule has 0 radical (unpaired) electrons. The first kappa shape index (κ1) is 14.5. The molecule has 0 bridgehead atoms. The predicted molar refractivity (Wildman–Crippen MR) is 74.3 cm³/mol. The zero-order chi connectivity index (χ0) is 15.4. The molecule has 1 aromatic heterocycles. The lowest BCUT2D eigenvalue weighted by Gasteiger charge is -2.10. The van der Waals surface area contributed by atoms with Crippen molar-refractivity contribution < 1.29 is 14.4 Å². The highest BCUT2D eigenvalue weighted by molar-refractivity contribution is 5.50. The molecular formula is C12H13N5O4. The summed E-state index contributed by atoms with van der Waals surface area (Å²) >= 11 is 0. The Kier molecular flexibility index (Phi) is 4.14. The standard InChI is InChI=1S/C12H13N5O4/c1-7-5-11(15-12(14-7)16-13)21-10-6-8(17(18)19)3-4-9(10)20-2/h3-6H,13H2,1-2H3,(H,14,15,16). The lowest BCUT2D eigenvalue weighted by Crippen LogP contribution is -2.11. The van der Waals surface area contributed by atoms with Crippen LogP contribution >= 0.6 is 0 Å². The quantitative estimate of drug-likeness (QED) is 0.485. The summed E-state index contributed by atoms with van der Waals surface area (Å²) in [6.07, 6.45) is 0. The highest BCUT2D eigenvalue weighted by Crippen LogP contribution is 2.34. The maximum Gasteiger partial charge on any atom is 0.273 e. The maximum absolute atomic E-state index is 10.8. The van der Waals surface area contributed by atoms with Gasteiger partial charge >= 0.3 is 0 Å². The van der Waals surface area contributed by atoms with E-state index in [0.29, 0.717) is 11.4 Å². The number of nitrogens with zero attached hydrogens (tertiary/aromatic N) is 3. The number of aromatic nitrogens is 2. The van der Waals surface area contributed by atoms with Gasteiger partial charge in [-0.3, -0.25) is 15.5 Å². The second-order valence-electron chi connectivity index (χ2n) is 4.01. The molecule has 2 rings (SSSR count). The zero-order valence-electron chi connectivity index (χ0n) is 11.4. The minimum Gasteiger partial charge on any atom is -0.493 e. The lowest BCUT2D eigenvalue weighted by atomic mass is 10.3. The molecule has 3 N–H and O–H groups in total. The molecule has 0 spiro atoms. The number of nitrogens with one attached hydrogen (secondary N) is 1. The number of ether oxygens (including phenoxy) is 2. The molecule has 9 nitrogen and oxygen atoms in total. The summed E-state index contributed by atoms with van der Waals surface area (Å²) in [5.41, 5.74) is 2.82. The number of hydrogen-bond donors (Lipinski definition) is 2. The van der Waals surface area contributed by atoms with E-state index >= 15 is 0 Å². The first-order valence-electron chi connectivity index (χ1n) is 5.86. The average molecular weight is 291 g/mol. The number of hydrazine groups is 1. The van der Waals surface area contributed by atoms with E-state index in [1.165, 1.54) is 25.3 Å². The Hall–Kier alpha value is -2.94. The first-order chi connectivity index (χ1) is 10.0. The number of rotatable bonds is 5. The molecule has 0 unspecified atom stereocenters. The SMILES string of the molecule is COc1ccc([N+](=O)[O-])cc1Oc1cc(C)nc(NN)n1. The third-order valence-electron chi connectivity index (χ3n) is 2.53. The van der Waals surface area contributed by atoms with E-state index in [9.17, 15) is 10.1 Å². The van der Waals surface area contributed by atoms with Gasteiger partial charge in [-0.25, -0.2) is 10.8 Å². The smallest absolute Gasteiger partial charge is 0.273 e. The van der Waals surface area contributed by atoms with Gasteiger partial charge in [0.2, 0.25) is 11.8 Å². The summed E-state index contributed by atoms with van der Waals surface area (Å²) in [5.74, 6) is 6.14. The molecule has 0 saturated heterocycles. The number of nitrogens with two attached hydrogens (primary N) is 1. The number of nitro groups is 1. The van der Waals surface area contributed by atoms with Crippen molar-refractivity contribution >= 4 is 11.6 Å². The van der Waals surface area contributed by atoms with Crippen LogP contribution in [0.4, 0.5) is 11.6 Å². The van der Waals surface area contributed by atoms with Crippen LogP contribution < -0.4 is 20.7 Å². The molecule has 110 valence electrons. The fourth-order valence-electron chi connectivity index (χ4n) is 1.63. The van der Waals surface area contributed by atoms with Crippen LogP contribution in [0.2, 0.25) is 0 Å². The Morgan fingerprint density at radius 3 is 2.67 bits per heavy atom. The van der Waals surface area contributed by atoms with Crippen LogP contribution in [-0.2, 0) is 0 Å². The van der Waals surface area contributed by atoms with Crippen molar-refractivity contribution in [1.29, 1.82) is 0 Å². The van der Waals surface area contributed by atoms with Crippen molar-refractivity contribution in [2.75, 3.05) is 12.5 Å². The van der Waals surface area contributed by atoms with Gasteiger partial charge in [-0.1, -0.05) is 0 Å². The summed E-state index contributed by atoms with van der Waals surface area (Å²) in [5, 5.41) is 10.8.